The first-order valence-corrected chi connectivity index (χ1v) is 10.3. The summed E-state index contributed by atoms with van der Waals surface area (Å²) < 4.78 is 17.6. The molecule has 6 heteroatoms. The smallest absolute Gasteiger partial charge is 0.197 e. The number of benzene rings is 2. The maximum absolute atomic E-state index is 13.2. The Morgan fingerprint density at radius 1 is 1.03 bits per heavy atom. The van der Waals surface area contributed by atoms with Crippen molar-refractivity contribution < 1.29 is 13.9 Å². The van der Waals surface area contributed by atoms with E-state index in [1.807, 2.05) is 43.3 Å². The SMILES string of the molecule is COc1cc(OC)c2c(=O)cc(-c3ccc(N(C)C)cc3)oc2c1C1=CCN(C)CC1. The lowest BCUT2D eigenvalue weighted by Crippen LogP contribution is -2.24. The van der Waals surface area contributed by atoms with Crippen molar-refractivity contribution in [2.75, 3.05) is 53.4 Å². The van der Waals surface area contributed by atoms with E-state index in [9.17, 15) is 4.79 Å². The first-order chi connectivity index (χ1) is 14.9. The summed E-state index contributed by atoms with van der Waals surface area (Å²) in [5.74, 6) is 1.61. The molecule has 0 bridgehead atoms. The Balaban J connectivity index is 1.98. The molecule has 3 aromatic rings. The fraction of sp³-hybridized carbons (Fsp3) is 0.320. The van der Waals surface area contributed by atoms with Gasteiger partial charge in [-0.25, -0.2) is 0 Å². The van der Waals surface area contributed by atoms with E-state index in [1.165, 1.54) is 6.07 Å². The lowest BCUT2D eigenvalue weighted by Gasteiger charge is -2.24. The summed E-state index contributed by atoms with van der Waals surface area (Å²) in [6.07, 6.45) is 3.02. The Kier molecular flexibility index (Phi) is 5.74. The van der Waals surface area contributed by atoms with Gasteiger partial charge in [-0.05, 0) is 43.3 Å². The van der Waals surface area contributed by atoms with Gasteiger partial charge in [0.1, 0.15) is 22.6 Å². The van der Waals surface area contributed by atoms with Crippen LogP contribution in [0.2, 0.25) is 0 Å². The second kappa shape index (κ2) is 8.47. The number of methoxy groups -OCH3 is 2. The zero-order valence-electron chi connectivity index (χ0n) is 18.7. The van der Waals surface area contributed by atoms with E-state index >= 15 is 0 Å². The number of hydrogen-bond donors (Lipinski definition) is 0. The van der Waals surface area contributed by atoms with Gasteiger partial charge in [0.2, 0.25) is 0 Å². The van der Waals surface area contributed by atoms with Crippen molar-refractivity contribution >= 4 is 22.2 Å². The summed E-state index contributed by atoms with van der Waals surface area (Å²) in [7, 11) is 9.25. The molecule has 6 nitrogen and oxygen atoms in total. The van der Waals surface area contributed by atoms with E-state index in [4.69, 9.17) is 13.9 Å². The van der Waals surface area contributed by atoms with Gasteiger partial charge < -0.3 is 23.7 Å². The van der Waals surface area contributed by atoms with Gasteiger partial charge in [0.25, 0.3) is 0 Å². The summed E-state index contributed by atoms with van der Waals surface area (Å²) in [4.78, 5) is 17.5. The number of fused-ring (bicyclic) bond motifs is 1. The normalized spacial score (nSPS) is 14.4. The average Bonchev–Trinajstić information content (AvgIpc) is 2.78. The van der Waals surface area contributed by atoms with Crippen LogP contribution in [0, 0.1) is 0 Å². The van der Waals surface area contributed by atoms with Crippen LogP contribution in [0.3, 0.4) is 0 Å². The third-order valence-electron chi connectivity index (χ3n) is 5.77. The molecule has 0 fully saturated rings. The number of ether oxygens (including phenoxy) is 2. The van der Waals surface area contributed by atoms with E-state index in [-0.39, 0.29) is 5.43 Å². The Morgan fingerprint density at radius 3 is 2.32 bits per heavy atom. The van der Waals surface area contributed by atoms with Gasteiger partial charge in [-0.1, -0.05) is 6.08 Å². The molecule has 0 unspecified atom stereocenters. The molecule has 0 atom stereocenters. The molecule has 162 valence electrons. The number of likely N-dealkylation sites (N-methyl/N-ethyl adjacent to an activating group) is 1. The van der Waals surface area contributed by atoms with Gasteiger partial charge >= 0.3 is 0 Å². The molecule has 0 spiro atoms. The summed E-state index contributed by atoms with van der Waals surface area (Å²) in [6.45, 7) is 1.76. The van der Waals surface area contributed by atoms with Crippen LogP contribution >= 0.6 is 0 Å². The number of anilines is 1. The summed E-state index contributed by atoms with van der Waals surface area (Å²) in [5, 5.41) is 0.437. The first-order valence-electron chi connectivity index (χ1n) is 10.3. The fourth-order valence-corrected chi connectivity index (χ4v) is 3.97. The minimum absolute atomic E-state index is 0.137. The van der Waals surface area contributed by atoms with Crippen LogP contribution in [0.15, 0.2) is 51.7 Å². The Labute approximate surface area is 182 Å². The maximum atomic E-state index is 13.2. The van der Waals surface area contributed by atoms with Gasteiger partial charge in [0.05, 0.1) is 19.8 Å². The van der Waals surface area contributed by atoms with Gasteiger partial charge in [0.15, 0.2) is 11.0 Å². The average molecular weight is 421 g/mol. The number of rotatable bonds is 5. The van der Waals surface area contributed by atoms with Gasteiger partial charge in [0, 0.05) is 50.6 Å². The molecule has 0 amide bonds. The molecule has 0 N–H and O–H groups in total. The Morgan fingerprint density at radius 2 is 1.74 bits per heavy atom. The summed E-state index contributed by atoms with van der Waals surface area (Å²) in [5.41, 5.74) is 4.23. The molecule has 1 aliphatic heterocycles. The van der Waals surface area contributed by atoms with Crippen molar-refractivity contribution in [3.8, 4) is 22.8 Å². The molecular formula is C25H28N2O4. The predicted octanol–water partition coefficient (Wildman–Crippen LogP) is 4.26. The van der Waals surface area contributed by atoms with Crippen molar-refractivity contribution in [2.24, 2.45) is 0 Å². The van der Waals surface area contributed by atoms with Crippen LogP contribution in [-0.2, 0) is 0 Å². The third-order valence-corrected chi connectivity index (χ3v) is 5.77. The first kappa shape index (κ1) is 21.0. The molecule has 2 heterocycles. The number of hydrogen-bond acceptors (Lipinski definition) is 6. The molecule has 0 saturated heterocycles. The predicted molar refractivity (Wildman–Crippen MR) is 125 cm³/mol. The highest BCUT2D eigenvalue weighted by atomic mass is 16.5. The molecule has 1 aliphatic rings. The Hall–Kier alpha value is -3.25. The van der Waals surface area contributed by atoms with Crippen LogP contribution in [-0.4, -0.2) is 53.4 Å². The highest BCUT2D eigenvalue weighted by Gasteiger charge is 2.23. The molecule has 0 saturated carbocycles. The van der Waals surface area contributed by atoms with Gasteiger partial charge in [-0.3, -0.25) is 4.79 Å². The van der Waals surface area contributed by atoms with Crippen molar-refractivity contribution in [3.63, 3.8) is 0 Å². The van der Waals surface area contributed by atoms with E-state index in [0.29, 0.717) is 28.2 Å². The summed E-state index contributed by atoms with van der Waals surface area (Å²) >= 11 is 0. The van der Waals surface area contributed by atoms with E-state index < -0.39 is 0 Å². The number of nitrogens with zero attached hydrogens (tertiary/aromatic N) is 2. The quantitative estimate of drug-likeness (QED) is 0.615. The van der Waals surface area contributed by atoms with Crippen LogP contribution < -0.4 is 19.8 Å². The van der Waals surface area contributed by atoms with Crippen molar-refractivity contribution in [3.05, 3.63) is 58.3 Å². The second-order valence-electron chi connectivity index (χ2n) is 8.02. The van der Waals surface area contributed by atoms with Crippen LogP contribution in [0.1, 0.15) is 12.0 Å². The molecule has 0 radical (unpaired) electrons. The third kappa shape index (κ3) is 3.91. The summed E-state index contributed by atoms with van der Waals surface area (Å²) in [6, 6.07) is 11.3. The van der Waals surface area contributed by atoms with E-state index in [2.05, 4.69) is 18.0 Å². The molecule has 1 aromatic heterocycles. The lowest BCUT2D eigenvalue weighted by molar-refractivity contribution is 0.368. The standard InChI is InChI=1S/C25H28N2O4/c1-26(2)18-8-6-16(7-9-18)20-14-19(28)24-22(30-5)15-21(29-4)23(25(24)31-20)17-10-12-27(3)13-11-17/h6-10,14-15H,11-13H2,1-5H3. The van der Waals surface area contributed by atoms with Crippen molar-refractivity contribution in [1.82, 2.24) is 4.90 Å². The highest BCUT2D eigenvalue weighted by Crippen LogP contribution is 2.41. The topological polar surface area (TPSA) is 55.2 Å². The minimum Gasteiger partial charge on any atom is -0.496 e. The lowest BCUT2D eigenvalue weighted by atomic mass is 9.95. The van der Waals surface area contributed by atoms with Crippen LogP contribution in [0.4, 0.5) is 5.69 Å². The maximum Gasteiger partial charge on any atom is 0.197 e. The highest BCUT2D eigenvalue weighted by molar-refractivity contribution is 5.97. The molecule has 4 rings (SSSR count). The fourth-order valence-electron chi connectivity index (χ4n) is 3.97. The van der Waals surface area contributed by atoms with Gasteiger partial charge in [-0.2, -0.15) is 0 Å². The van der Waals surface area contributed by atoms with Crippen molar-refractivity contribution in [2.45, 2.75) is 6.42 Å². The monoisotopic (exact) mass is 420 g/mol. The minimum atomic E-state index is -0.137. The van der Waals surface area contributed by atoms with Crippen molar-refractivity contribution in [1.29, 1.82) is 0 Å². The molecule has 31 heavy (non-hydrogen) atoms. The van der Waals surface area contributed by atoms with E-state index in [1.54, 1.807) is 20.3 Å². The van der Waals surface area contributed by atoms with Crippen LogP contribution in [0.5, 0.6) is 11.5 Å². The molecule has 2 aromatic carbocycles. The molecule has 0 aliphatic carbocycles. The zero-order chi connectivity index (χ0) is 22.1. The second-order valence-corrected chi connectivity index (χ2v) is 8.02. The molecular weight excluding hydrogens is 392 g/mol. The zero-order valence-corrected chi connectivity index (χ0v) is 18.7. The van der Waals surface area contributed by atoms with Crippen LogP contribution in [0.25, 0.3) is 27.9 Å². The Bertz CT molecular complexity index is 1190. The van der Waals surface area contributed by atoms with E-state index in [0.717, 1.165) is 41.9 Å². The largest absolute Gasteiger partial charge is 0.496 e. The van der Waals surface area contributed by atoms with Gasteiger partial charge in [-0.15, -0.1) is 0 Å².